The first-order valence-corrected chi connectivity index (χ1v) is 6.97. The highest BCUT2D eigenvalue weighted by Gasteiger charge is 2.34. The molecule has 2 heterocycles. The van der Waals surface area contributed by atoms with Crippen LogP contribution in [0.3, 0.4) is 0 Å². The van der Waals surface area contributed by atoms with Gasteiger partial charge in [0.05, 0.1) is 6.61 Å². The monoisotopic (exact) mass is 248 g/mol. The first kappa shape index (κ1) is 13.3. The average molecular weight is 248 g/mol. The Morgan fingerprint density at radius 2 is 2.33 bits per heavy atom. The molecule has 1 aliphatic rings. The van der Waals surface area contributed by atoms with Gasteiger partial charge < -0.3 is 10.0 Å². The number of nitrogens with zero attached hydrogens (tertiary/aromatic N) is 2. The number of hydrogen-bond acceptors (Lipinski definition) is 3. The van der Waals surface area contributed by atoms with Crippen LogP contribution in [0.25, 0.3) is 0 Å². The fraction of sp³-hybridized carbons (Fsp3) is 0.667. The van der Waals surface area contributed by atoms with Crippen molar-refractivity contribution in [2.75, 3.05) is 24.6 Å². The Bertz CT molecular complexity index is 390. The maximum Gasteiger partial charge on any atom is 0.0504 e. The minimum Gasteiger partial charge on any atom is -0.396 e. The summed E-state index contributed by atoms with van der Waals surface area (Å²) in [5.41, 5.74) is 2.60. The van der Waals surface area contributed by atoms with Gasteiger partial charge in [0.1, 0.15) is 0 Å². The van der Waals surface area contributed by atoms with Gasteiger partial charge in [0.25, 0.3) is 0 Å². The second kappa shape index (κ2) is 5.70. The quantitative estimate of drug-likeness (QED) is 0.890. The minimum absolute atomic E-state index is 0.0999. The average Bonchev–Trinajstić information content (AvgIpc) is 2.40. The molecule has 0 aromatic carbocycles. The highest BCUT2D eigenvalue weighted by atomic mass is 16.3. The summed E-state index contributed by atoms with van der Waals surface area (Å²) < 4.78 is 0. The Balaban J connectivity index is 2.18. The maximum atomic E-state index is 9.77. The number of hydrogen-bond donors (Lipinski definition) is 1. The molecule has 0 amide bonds. The van der Waals surface area contributed by atoms with Crippen LogP contribution in [0.4, 0.5) is 5.69 Å². The summed E-state index contributed by atoms with van der Waals surface area (Å²) in [4.78, 5) is 6.58. The molecule has 3 heteroatoms. The van der Waals surface area contributed by atoms with Gasteiger partial charge in [-0.05, 0) is 37.8 Å². The van der Waals surface area contributed by atoms with Crippen LogP contribution >= 0.6 is 0 Å². The molecule has 0 bridgehead atoms. The van der Waals surface area contributed by atoms with Crippen LogP contribution in [0.1, 0.15) is 38.2 Å². The third kappa shape index (κ3) is 2.66. The van der Waals surface area contributed by atoms with Crippen LogP contribution in [0, 0.1) is 12.3 Å². The molecule has 0 spiro atoms. The summed E-state index contributed by atoms with van der Waals surface area (Å²) in [5, 5.41) is 9.77. The van der Waals surface area contributed by atoms with E-state index in [9.17, 15) is 5.11 Å². The van der Waals surface area contributed by atoms with Gasteiger partial charge in [-0.1, -0.05) is 13.3 Å². The molecule has 0 unspecified atom stereocenters. The van der Waals surface area contributed by atoms with Crippen LogP contribution in [-0.2, 0) is 0 Å². The molecular formula is C15H24N2O. The third-order valence-corrected chi connectivity index (χ3v) is 4.11. The van der Waals surface area contributed by atoms with Crippen LogP contribution in [0.2, 0.25) is 0 Å². The topological polar surface area (TPSA) is 36.4 Å². The highest BCUT2D eigenvalue weighted by Crippen LogP contribution is 2.36. The molecule has 1 N–H and O–H groups in total. The standard InChI is InChI=1S/C15H24N2O/c1-3-6-15(12-18)7-4-9-17(11-15)14-5-8-16-10-13(14)2/h5,8,10,18H,3-4,6-7,9,11-12H2,1-2H3/t15-/m0/s1. The van der Waals surface area contributed by atoms with Crippen molar-refractivity contribution in [3.05, 3.63) is 24.0 Å². The summed E-state index contributed by atoms with van der Waals surface area (Å²) >= 11 is 0. The Kier molecular flexibility index (Phi) is 4.23. The van der Waals surface area contributed by atoms with Crippen molar-refractivity contribution in [2.45, 2.75) is 39.5 Å². The molecule has 100 valence electrons. The lowest BCUT2D eigenvalue weighted by atomic mass is 9.77. The normalized spacial score (nSPS) is 24.3. The van der Waals surface area contributed by atoms with E-state index >= 15 is 0 Å². The molecule has 1 aliphatic heterocycles. The molecular weight excluding hydrogens is 224 g/mol. The number of pyridine rings is 1. The van der Waals surface area contributed by atoms with Gasteiger partial charge in [-0.2, -0.15) is 0 Å². The van der Waals surface area contributed by atoms with Crippen LogP contribution in [0.5, 0.6) is 0 Å². The van der Waals surface area contributed by atoms with E-state index in [1.165, 1.54) is 17.7 Å². The van der Waals surface area contributed by atoms with E-state index in [1.807, 2.05) is 12.4 Å². The zero-order valence-electron chi connectivity index (χ0n) is 11.5. The van der Waals surface area contributed by atoms with E-state index in [0.717, 1.165) is 32.4 Å². The van der Waals surface area contributed by atoms with Crippen molar-refractivity contribution in [3.63, 3.8) is 0 Å². The molecule has 1 atom stereocenters. The van der Waals surface area contributed by atoms with E-state index in [4.69, 9.17) is 0 Å². The fourth-order valence-electron chi connectivity index (χ4n) is 3.18. The molecule has 1 fully saturated rings. The molecule has 0 aliphatic carbocycles. The SMILES string of the molecule is CCC[C@]1(CO)CCCN(c2ccncc2C)C1. The first-order chi connectivity index (χ1) is 8.71. The van der Waals surface area contributed by atoms with Gasteiger partial charge in [-0.15, -0.1) is 0 Å². The largest absolute Gasteiger partial charge is 0.396 e. The predicted molar refractivity (Wildman–Crippen MR) is 74.8 cm³/mol. The summed E-state index contributed by atoms with van der Waals surface area (Å²) in [5.74, 6) is 0. The lowest BCUT2D eigenvalue weighted by Gasteiger charge is -2.43. The van der Waals surface area contributed by atoms with Gasteiger partial charge in [0, 0.05) is 36.6 Å². The van der Waals surface area contributed by atoms with Crippen molar-refractivity contribution in [2.24, 2.45) is 5.41 Å². The molecule has 1 aromatic rings. The number of aromatic nitrogens is 1. The van der Waals surface area contributed by atoms with E-state index in [0.29, 0.717) is 6.61 Å². The Morgan fingerprint density at radius 3 is 3.00 bits per heavy atom. The smallest absolute Gasteiger partial charge is 0.0504 e. The van der Waals surface area contributed by atoms with Gasteiger partial charge in [0.2, 0.25) is 0 Å². The lowest BCUT2D eigenvalue weighted by molar-refractivity contribution is 0.0954. The van der Waals surface area contributed by atoms with Crippen molar-refractivity contribution in [1.82, 2.24) is 4.98 Å². The number of aliphatic hydroxyl groups is 1. The number of aryl methyl sites for hydroxylation is 1. The van der Waals surface area contributed by atoms with Crippen molar-refractivity contribution >= 4 is 5.69 Å². The van der Waals surface area contributed by atoms with E-state index in [1.54, 1.807) is 0 Å². The molecule has 2 rings (SSSR count). The lowest BCUT2D eigenvalue weighted by Crippen LogP contribution is -2.45. The fourth-order valence-corrected chi connectivity index (χ4v) is 3.18. The van der Waals surface area contributed by atoms with Crippen molar-refractivity contribution in [3.8, 4) is 0 Å². The maximum absolute atomic E-state index is 9.77. The third-order valence-electron chi connectivity index (χ3n) is 4.11. The highest BCUT2D eigenvalue weighted by molar-refractivity contribution is 5.52. The summed E-state index contributed by atoms with van der Waals surface area (Å²) in [7, 11) is 0. The number of piperidine rings is 1. The Morgan fingerprint density at radius 1 is 1.50 bits per heavy atom. The number of anilines is 1. The number of aliphatic hydroxyl groups excluding tert-OH is 1. The second-order valence-corrected chi connectivity index (χ2v) is 5.60. The van der Waals surface area contributed by atoms with E-state index < -0.39 is 0 Å². The minimum atomic E-state index is 0.0999. The molecule has 1 saturated heterocycles. The van der Waals surface area contributed by atoms with Crippen molar-refractivity contribution in [1.29, 1.82) is 0 Å². The summed E-state index contributed by atoms with van der Waals surface area (Å²) in [6.45, 7) is 6.69. The number of rotatable bonds is 4. The summed E-state index contributed by atoms with van der Waals surface area (Å²) in [6.07, 6.45) is 8.36. The zero-order valence-corrected chi connectivity index (χ0v) is 11.5. The van der Waals surface area contributed by atoms with E-state index in [2.05, 4.69) is 29.8 Å². The molecule has 0 radical (unpaired) electrons. The molecule has 3 nitrogen and oxygen atoms in total. The van der Waals surface area contributed by atoms with Crippen molar-refractivity contribution < 1.29 is 5.11 Å². The Hall–Kier alpha value is -1.09. The first-order valence-electron chi connectivity index (χ1n) is 6.97. The predicted octanol–water partition coefficient (Wildman–Crippen LogP) is 2.77. The Labute approximate surface area is 110 Å². The van der Waals surface area contributed by atoms with Crippen LogP contribution < -0.4 is 4.90 Å². The van der Waals surface area contributed by atoms with E-state index in [-0.39, 0.29) is 5.41 Å². The van der Waals surface area contributed by atoms with Gasteiger partial charge >= 0.3 is 0 Å². The van der Waals surface area contributed by atoms with Gasteiger partial charge in [-0.25, -0.2) is 0 Å². The zero-order chi connectivity index (χ0) is 13.0. The van der Waals surface area contributed by atoms with Crippen LogP contribution in [-0.4, -0.2) is 29.8 Å². The van der Waals surface area contributed by atoms with Crippen LogP contribution in [0.15, 0.2) is 18.5 Å². The van der Waals surface area contributed by atoms with Gasteiger partial charge in [0.15, 0.2) is 0 Å². The second-order valence-electron chi connectivity index (χ2n) is 5.60. The molecule has 1 aromatic heterocycles. The summed E-state index contributed by atoms with van der Waals surface area (Å²) in [6, 6.07) is 2.09. The molecule has 18 heavy (non-hydrogen) atoms. The van der Waals surface area contributed by atoms with Gasteiger partial charge in [-0.3, -0.25) is 4.98 Å². The molecule has 0 saturated carbocycles.